The normalized spacial score (nSPS) is 11.2. The van der Waals surface area contributed by atoms with Gasteiger partial charge in [-0.2, -0.15) is 0 Å². The lowest BCUT2D eigenvalue weighted by Crippen LogP contribution is -2.43. The molecule has 0 N–H and O–H groups in total. The second-order valence-electron chi connectivity index (χ2n) is 5.82. The van der Waals surface area contributed by atoms with Crippen LogP contribution >= 0.6 is 15.9 Å². The Bertz CT molecular complexity index is 325. The predicted molar refractivity (Wildman–Crippen MR) is 89.4 cm³/mol. The van der Waals surface area contributed by atoms with Crippen molar-refractivity contribution in [3.05, 3.63) is 0 Å². The van der Waals surface area contributed by atoms with Crippen molar-refractivity contribution in [1.29, 1.82) is 0 Å². The summed E-state index contributed by atoms with van der Waals surface area (Å²) in [6, 6.07) is 0. The number of hydrogen-bond donors (Lipinski definition) is 0. The minimum atomic E-state index is -1.50. The topological polar surface area (TPSA) is 0 Å². The molecule has 0 spiro atoms. The van der Waals surface area contributed by atoms with Gasteiger partial charge in [0.2, 0.25) is 0 Å². The van der Waals surface area contributed by atoms with E-state index in [2.05, 4.69) is 79.7 Å². The number of unbranched alkanes of at least 4 members (excludes halogenated alkanes) is 2. The van der Waals surface area contributed by atoms with Crippen LogP contribution in [0.3, 0.4) is 0 Å². The van der Waals surface area contributed by atoms with E-state index in [-0.39, 0.29) is 0 Å². The highest BCUT2D eigenvalue weighted by atomic mass is 79.9. The van der Waals surface area contributed by atoms with E-state index < -0.39 is 8.07 Å². The molecule has 0 fully saturated rings. The summed E-state index contributed by atoms with van der Waals surface area (Å²) in [4.78, 5) is 2.75. The molecule has 0 saturated heterocycles. The van der Waals surface area contributed by atoms with Crippen molar-refractivity contribution in [3.63, 3.8) is 0 Å². The third-order valence-electron chi connectivity index (χ3n) is 3.84. The molecule has 2 heteroatoms. The van der Waals surface area contributed by atoms with E-state index >= 15 is 0 Å². The van der Waals surface area contributed by atoms with E-state index in [1.54, 1.807) is 0 Å². The quantitative estimate of drug-likeness (QED) is 0.343. The Morgan fingerprint density at radius 2 is 1.28 bits per heavy atom. The molecular formula is C16H27BrSi. The lowest BCUT2D eigenvalue weighted by molar-refractivity contribution is 0.837. The SMILES string of the molecule is CC(C)[Si](C#CCCCC#CBr)(C(C)C)C(C)C. The van der Waals surface area contributed by atoms with Crippen molar-refractivity contribution in [2.75, 3.05) is 0 Å². The molecule has 18 heavy (non-hydrogen) atoms. The summed E-state index contributed by atoms with van der Waals surface area (Å²) in [5.41, 5.74) is 5.92. The van der Waals surface area contributed by atoms with Gasteiger partial charge in [-0.25, -0.2) is 0 Å². The van der Waals surface area contributed by atoms with Crippen LogP contribution in [0, 0.1) is 22.2 Å². The van der Waals surface area contributed by atoms with Gasteiger partial charge in [-0.05, 0) is 27.9 Å². The summed E-state index contributed by atoms with van der Waals surface area (Å²) in [7, 11) is -1.50. The second kappa shape index (κ2) is 8.84. The summed E-state index contributed by atoms with van der Waals surface area (Å²) < 4.78 is 0. The zero-order valence-electron chi connectivity index (χ0n) is 12.7. The number of halogens is 1. The van der Waals surface area contributed by atoms with Gasteiger partial charge in [0.15, 0.2) is 0 Å². The fraction of sp³-hybridized carbons (Fsp3) is 0.750. The van der Waals surface area contributed by atoms with E-state index in [1.807, 2.05) is 0 Å². The summed E-state index contributed by atoms with van der Waals surface area (Å²) in [5, 5.41) is 0. The van der Waals surface area contributed by atoms with Crippen molar-refractivity contribution < 1.29 is 0 Å². The van der Waals surface area contributed by atoms with Crippen molar-refractivity contribution in [1.82, 2.24) is 0 Å². The highest BCUT2D eigenvalue weighted by Crippen LogP contribution is 2.40. The molecule has 0 saturated carbocycles. The molecule has 0 amide bonds. The van der Waals surface area contributed by atoms with Gasteiger partial charge in [-0.15, -0.1) is 11.5 Å². The van der Waals surface area contributed by atoms with Crippen LogP contribution in [0.5, 0.6) is 0 Å². The first-order valence-corrected chi connectivity index (χ1v) is 10.0. The number of hydrogen-bond acceptors (Lipinski definition) is 0. The number of rotatable bonds is 5. The predicted octanol–water partition coefficient (Wildman–Crippen LogP) is 5.73. The lowest BCUT2D eigenvalue weighted by Gasteiger charge is -2.38. The van der Waals surface area contributed by atoms with Gasteiger partial charge in [0.25, 0.3) is 0 Å². The van der Waals surface area contributed by atoms with Crippen LogP contribution in [-0.4, -0.2) is 8.07 Å². The minimum Gasteiger partial charge on any atom is -0.130 e. The summed E-state index contributed by atoms with van der Waals surface area (Å²) in [6.45, 7) is 14.2. The van der Waals surface area contributed by atoms with Crippen LogP contribution in [0.15, 0.2) is 0 Å². The molecule has 0 atom stereocenters. The molecule has 0 rings (SSSR count). The first-order chi connectivity index (χ1) is 8.39. The molecule has 0 aromatic heterocycles. The minimum absolute atomic E-state index is 0.729. The van der Waals surface area contributed by atoms with Crippen LogP contribution < -0.4 is 0 Å². The maximum absolute atomic E-state index is 3.74. The zero-order valence-corrected chi connectivity index (χ0v) is 15.3. The molecule has 0 unspecified atom stereocenters. The standard InChI is InChI=1S/C16H27BrSi/c1-14(2)18(15(3)4,16(5)6)13-11-9-7-8-10-12-17/h14-16H,7-9H2,1-6H3. The van der Waals surface area contributed by atoms with E-state index in [0.717, 1.165) is 35.9 Å². The molecule has 0 aromatic rings. The molecule has 0 heterocycles. The smallest absolute Gasteiger partial charge is 0.130 e. The van der Waals surface area contributed by atoms with Gasteiger partial charge in [0.1, 0.15) is 8.07 Å². The molecule has 0 bridgehead atoms. The van der Waals surface area contributed by atoms with E-state index in [9.17, 15) is 0 Å². The van der Waals surface area contributed by atoms with Crippen LogP contribution in [-0.2, 0) is 0 Å². The summed E-state index contributed by atoms with van der Waals surface area (Å²) >= 11 is 3.12. The lowest BCUT2D eigenvalue weighted by atomic mass is 10.2. The Kier molecular flexibility index (Phi) is 8.75. The summed E-state index contributed by atoms with van der Waals surface area (Å²) in [5.74, 6) is 6.48. The van der Waals surface area contributed by atoms with Gasteiger partial charge in [0, 0.05) is 28.8 Å². The molecule has 0 nitrogen and oxygen atoms in total. The van der Waals surface area contributed by atoms with Crippen molar-refractivity contribution >= 4 is 24.0 Å². The Labute approximate surface area is 123 Å². The maximum Gasteiger partial charge on any atom is 0.145 e. The van der Waals surface area contributed by atoms with Gasteiger partial charge < -0.3 is 0 Å². The Morgan fingerprint density at radius 1 is 0.833 bits per heavy atom. The first kappa shape index (κ1) is 17.8. The van der Waals surface area contributed by atoms with Crippen molar-refractivity contribution in [2.24, 2.45) is 0 Å². The zero-order chi connectivity index (χ0) is 14.2. The van der Waals surface area contributed by atoms with Gasteiger partial charge in [-0.1, -0.05) is 47.5 Å². The highest BCUT2D eigenvalue weighted by molar-refractivity contribution is 9.12. The van der Waals surface area contributed by atoms with E-state index in [1.165, 1.54) is 0 Å². The van der Waals surface area contributed by atoms with Crippen molar-refractivity contribution in [3.8, 4) is 22.2 Å². The first-order valence-electron chi connectivity index (χ1n) is 6.98. The van der Waals surface area contributed by atoms with Crippen LogP contribution in [0.4, 0.5) is 0 Å². The van der Waals surface area contributed by atoms with Gasteiger partial charge in [-0.3, -0.25) is 0 Å². The molecule has 102 valence electrons. The van der Waals surface area contributed by atoms with E-state index in [0.29, 0.717) is 0 Å². The third-order valence-corrected chi connectivity index (χ3v) is 10.5. The molecular weight excluding hydrogens is 300 g/mol. The Morgan fingerprint density at radius 3 is 1.67 bits per heavy atom. The molecule has 0 aliphatic rings. The van der Waals surface area contributed by atoms with Crippen molar-refractivity contribution in [2.45, 2.75) is 77.4 Å². The maximum atomic E-state index is 3.74. The van der Waals surface area contributed by atoms with E-state index in [4.69, 9.17) is 0 Å². The summed E-state index contributed by atoms with van der Waals surface area (Å²) in [6.07, 6.45) is 3.02. The van der Waals surface area contributed by atoms with Gasteiger partial charge >= 0.3 is 0 Å². The average Bonchev–Trinajstić information content (AvgIpc) is 2.26. The van der Waals surface area contributed by atoms with Crippen LogP contribution in [0.25, 0.3) is 0 Å². The molecule has 0 aromatic carbocycles. The highest BCUT2D eigenvalue weighted by Gasteiger charge is 2.41. The molecule has 0 aliphatic carbocycles. The van der Waals surface area contributed by atoms with Crippen LogP contribution in [0.2, 0.25) is 16.6 Å². The fourth-order valence-electron chi connectivity index (χ4n) is 2.96. The van der Waals surface area contributed by atoms with Crippen LogP contribution in [0.1, 0.15) is 60.8 Å². The van der Waals surface area contributed by atoms with Gasteiger partial charge in [0.05, 0.1) is 0 Å². The second-order valence-corrected chi connectivity index (χ2v) is 11.8. The third kappa shape index (κ3) is 4.83. The molecule has 0 aliphatic heterocycles. The fourth-order valence-corrected chi connectivity index (χ4v) is 8.46. The molecule has 0 radical (unpaired) electrons. The average molecular weight is 327 g/mol. The largest absolute Gasteiger partial charge is 0.145 e. The Balaban J connectivity index is 4.78. The monoisotopic (exact) mass is 326 g/mol. The Hall–Kier alpha value is -0.183.